The van der Waals surface area contributed by atoms with E-state index in [0.717, 1.165) is 18.4 Å². The summed E-state index contributed by atoms with van der Waals surface area (Å²) in [4.78, 5) is -0.146. The first kappa shape index (κ1) is 20.4. The second-order valence-electron chi connectivity index (χ2n) is 6.39. The standard InChI is InChI=1S/C19H22ClNO6S/c1-25-11-8-16(26-2)19(17(9-11)27-3)28(23,24)21-15-10-14(20)18(22)13-7-5-4-6-12(13)15/h8-10,21-22H,4-7H2,1-3H3. The Hall–Kier alpha value is -2.32. The Bertz CT molecular complexity index is 981. The predicted octanol–water partition coefficient (Wildman–Crippen LogP) is 3.75. The van der Waals surface area contributed by atoms with Gasteiger partial charge in [-0.15, -0.1) is 0 Å². The van der Waals surface area contributed by atoms with E-state index >= 15 is 0 Å². The van der Waals surface area contributed by atoms with Crippen molar-refractivity contribution in [1.82, 2.24) is 0 Å². The quantitative estimate of drug-likeness (QED) is 0.682. The lowest BCUT2D eigenvalue weighted by Crippen LogP contribution is -2.18. The van der Waals surface area contributed by atoms with Crippen molar-refractivity contribution in [3.05, 3.63) is 34.3 Å². The molecule has 9 heteroatoms. The minimum Gasteiger partial charge on any atom is -0.506 e. The molecule has 0 saturated carbocycles. The molecule has 0 radical (unpaired) electrons. The minimum atomic E-state index is -4.08. The van der Waals surface area contributed by atoms with E-state index in [1.807, 2.05) is 0 Å². The molecular formula is C19H22ClNO6S. The molecule has 0 atom stereocenters. The van der Waals surface area contributed by atoms with Crippen molar-refractivity contribution in [3.63, 3.8) is 0 Å². The van der Waals surface area contributed by atoms with Crippen molar-refractivity contribution in [2.24, 2.45) is 0 Å². The maximum absolute atomic E-state index is 13.2. The van der Waals surface area contributed by atoms with Crippen LogP contribution in [0.4, 0.5) is 5.69 Å². The molecule has 0 saturated heterocycles. The van der Waals surface area contributed by atoms with Crippen LogP contribution in [0.2, 0.25) is 5.02 Å². The van der Waals surface area contributed by atoms with Gasteiger partial charge in [-0.3, -0.25) is 4.72 Å². The summed E-state index contributed by atoms with van der Waals surface area (Å²) in [5.74, 6) is 0.585. The summed E-state index contributed by atoms with van der Waals surface area (Å²) in [6.07, 6.45) is 3.10. The first-order valence-corrected chi connectivity index (χ1v) is 10.5. The molecule has 0 spiro atoms. The van der Waals surface area contributed by atoms with Gasteiger partial charge in [0.15, 0.2) is 4.90 Å². The normalized spacial score (nSPS) is 13.6. The number of sulfonamides is 1. The molecule has 0 heterocycles. The van der Waals surface area contributed by atoms with Gasteiger partial charge in [-0.2, -0.15) is 0 Å². The van der Waals surface area contributed by atoms with Crippen LogP contribution >= 0.6 is 11.6 Å². The number of ether oxygens (including phenoxy) is 3. The second kappa shape index (κ2) is 7.97. The fourth-order valence-electron chi connectivity index (χ4n) is 3.42. The highest BCUT2D eigenvalue weighted by Gasteiger charge is 2.29. The maximum Gasteiger partial charge on any atom is 0.269 e. The summed E-state index contributed by atoms with van der Waals surface area (Å²) in [7, 11) is 0.116. The second-order valence-corrected chi connectivity index (χ2v) is 8.41. The van der Waals surface area contributed by atoms with Crippen LogP contribution in [0.15, 0.2) is 23.1 Å². The highest BCUT2D eigenvalue weighted by molar-refractivity contribution is 7.93. The summed E-state index contributed by atoms with van der Waals surface area (Å²) in [6.45, 7) is 0. The predicted molar refractivity (Wildman–Crippen MR) is 107 cm³/mol. The first-order chi connectivity index (χ1) is 13.3. The van der Waals surface area contributed by atoms with Gasteiger partial charge in [-0.05, 0) is 37.3 Å². The third kappa shape index (κ3) is 3.66. The number of anilines is 1. The number of aromatic hydroxyl groups is 1. The number of benzene rings is 2. The number of phenols is 1. The van der Waals surface area contributed by atoms with Crippen molar-refractivity contribution in [3.8, 4) is 23.0 Å². The lowest BCUT2D eigenvalue weighted by molar-refractivity contribution is 0.359. The monoisotopic (exact) mass is 427 g/mol. The van der Waals surface area contributed by atoms with Crippen LogP contribution < -0.4 is 18.9 Å². The first-order valence-electron chi connectivity index (χ1n) is 8.68. The van der Waals surface area contributed by atoms with Crippen LogP contribution in [-0.2, 0) is 22.9 Å². The van der Waals surface area contributed by atoms with Crippen LogP contribution in [0.1, 0.15) is 24.0 Å². The highest BCUT2D eigenvalue weighted by Crippen LogP contribution is 2.42. The van der Waals surface area contributed by atoms with E-state index in [9.17, 15) is 13.5 Å². The lowest BCUT2D eigenvalue weighted by Gasteiger charge is -2.23. The Kier molecular flexibility index (Phi) is 5.81. The van der Waals surface area contributed by atoms with Gasteiger partial charge >= 0.3 is 0 Å². The molecule has 3 rings (SSSR count). The number of methoxy groups -OCH3 is 3. The Balaban J connectivity index is 2.13. The third-order valence-electron chi connectivity index (χ3n) is 4.76. The highest BCUT2D eigenvalue weighted by atomic mass is 35.5. The van der Waals surface area contributed by atoms with Crippen LogP contribution in [0.5, 0.6) is 23.0 Å². The van der Waals surface area contributed by atoms with Gasteiger partial charge < -0.3 is 19.3 Å². The van der Waals surface area contributed by atoms with Gasteiger partial charge in [0.1, 0.15) is 23.0 Å². The third-order valence-corrected chi connectivity index (χ3v) is 6.48. The van der Waals surface area contributed by atoms with E-state index in [1.54, 1.807) is 0 Å². The van der Waals surface area contributed by atoms with Crippen LogP contribution in [-0.4, -0.2) is 34.9 Å². The summed E-state index contributed by atoms with van der Waals surface area (Å²) in [6, 6.07) is 4.37. The van der Waals surface area contributed by atoms with E-state index in [0.29, 0.717) is 29.8 Å². The molecule has 28 heavy (non-hydrogen) atoms. The molecule has 0 bridgehead atoms. The average molecular weight is 428 g/mol. The van der Waals surface area contributed by atoms with Gasteiger partial charge in [0.05, 0.1) is 32.0 Å². The van der Waals surface area contributed by atoms with Crippen LogP contribution in [0.25, 0.3) is 0 Å². The molecule has 0 aromatic heterocycles. The smallest absolute Gasteiger partial charge is 0.269 e. The number of nitrogens with one attached hydrogen (secondary N) is 1. The van der Waals surface area contributed by atoms with Crippen molar-refractivity contribution in [2.75, 3.05) is 26.1 Å². The molecule has 7 nitrogen and oxygen atoms in total. The summed E-state index contributed by atoms with van der Waals surface area (Å²) in [5.41, 5.74) is 1.78. The number of hydrogen-bond donors (Lipinski definition) is 2. The Labute approximate surface area is 169 Å². The maximum atomic E-state index is 13.2. The Morgan fingerprint density at radius 1 is 0.964 bits per heavy atom. The zero-order valence-corrected chi connectivity index (χ0v) is 17.4. The number of rotatable bonds is 6. The molecule has 1 aliphatic rings. The van der Waals surface area contributed by atoms with E-state index in [2.05, 4.69) is 4.72 Å². The summed E-state index contributed by atoms with van der Waals surface area (Å²) in [5, 5.41) is 10.3. The molecule has 2 aromatic carbocycles. The minimum absolute atomic E-state index is 0.0129. The van der Waals surface area contributed by atoms with Crippen LogP contribution in [0.3, 0.4) is 0 Å². The van der Waals surface area contributed by atoms with Gasteiger partial charge in [0.25, 0.3) is 10.0 Å². The van der Waals surface area contributed by atoms with E-state index in [-0.39, 0.29) is 27.2 Å². The fourth-order valence-corrected chi connectivity index (χ4v) is 5.03. The van der Waals surface area contributed by atoms with Gasteiger partial charge in [-0.25, -0.2) is 8.42 Å². The fraction of sp³-hybridized carbons (Fsp3) is 0.368. The van der Waals surface area contributed by atoms with E-state index in [4.69, 9.17) is 25.8 Å². The zero-order chi connectivity index (χ0) is 20.5. The van der Waals surface area contributed by atoms with Crippen molar-refractivity contribution in [2.45, 2.75) is 30.6 Å². The Morgan fingerprint density at radius 3 is 2.07 bits per heavy atom. The van der Waals surface area contributed by atoms with Gasteiger partial charge in [0.2, 0.25) is 0 Å². The van der Waals surface area contributed by atoms with Crippen molar-refractivity contribution in [1.29, 1.82) is 0 Å². The summed E-state index contributed by atoms with van der Waals surface area (Å²) < 4.78 is 44.7. The van der Waals surface area contributed by atoms with Crippen molar-refractivity contribution >= 4 is 27.3 Å². The lowest BCUT2D eigenvalue weighted by atomic mass is 9.90. The van der Waals surface area contributed by atoms with E-state index < -0.39 is 10.0 Å². The average Bonchev–Trinajstić information content (AvgIpc) is 2.70. The Morgan fingerprint density at radius 2 is 1.54 bits per heavy atom. The van der Waals surface area contributed by atoms with Crippen LogP contribution in [0, 0.1) is 0 Å². The zero-order valence-electron chi connectivity index (χ0n) is 15.8. The molecule has 2 N–H and O–H groups in total. The van der Waals surface area contributed by atoms with Gasteiger partial charge in [0, 0.05) is 17.7 Å². The number of fused-ring (bicyclic) bond motifs is 1. The molecule has 2 aromatic rings. The molecule has 0 amide bonds. The number of phenolic OH excluding ortho intramolecular Hbond substituents is 1. The van der Waals surface area contributed by atoms with E-state index in [1.165, 1.54) is 39.5 Å². The number of halogens is 1. The van der Waals surface area contributed by atoms with Gasteiger partial charge in [-0.1, -0.05) is 11.6 Å². The molecule has 0 aliphatic heterocycles. The van der Waals surface area contributed by atoms with Crippen molar-refractivity contribution < 1.29 is 27.7 Å². The number of hydrogen-bond acceptors (Lipinski definition) is 6. The molecular weight excluding hydrogens is 406 g/mol. The topological polar surface area (TPSA) is 94.1 Å². The SMILES string of the molecule is COc1cc(OC)c(S(=O)(=O)Nc2cc(Cl)c(O)c3c2CCCC3)c(OC)c1. The largest absolute Gasteiger partial charge is 0.506 e. The molecule has 0 fully saturated rings. The molecule has 0 unspecified atom stereocenters. The summed E-state index contributed by atoms with van der Waals surface area (Å²) >= 11 is 6.13. The molecule has 152 valence electrons. The molecule has 1 aliphatic carbocycles.